The molecule has 0 aliphatic rings. The summed E-state index contributed by atoms with van der Waals surface area (Å²) in [7, 11) is 0. The third-order valence-electron chi connectivity index (χ3n) is 4.50. The Labute approximate surface area is 166 Å². The summed E-state index contributed by atoms with van der Waals surface area (Å²) < 4.78 is 11.3. The molecule has 7 nitrogen and oxygen atoms in total. The summed E-state index contributed by atoms with van der Waals surface area (Å²) in [4.78, 5) is 13.3. The molecule has 0 fully saturated rings. The van der Waals surface area contributed by atoms with E-state index in [1.807, 2.05) is 61.5 Å². The molecule has 0 amide bonds. The van der Waals surface area contributed by atoms with Crippen LogP contribution in [0.4, 0.5) is 0 Å². The highest BCUT2D eigenvalue weighted by atomic mass is 16.4. The zero-order valence-electron chi connectivity index (χ0n) is 15.5. The summed E-state index contributed by atoms with van der Waals surface area (Å²) in [6.45, 7) is 1.86. The van der Waals surface area contributed by atoms with E-state index in [9.17, 15) is 0 Å². The van der Waals surface area contributed by atoms with Crippen LogP contribution < -0.4 is 0 Å². The van der Waals surface area contributed by atoms with Crippen LogP contribution in [-0.4, -0.2) is 25.1 Å². The molecule has 140 valence electrons. The van der Waals surface area contributed by atoms with Crippen molar-refractivity contribution in [2.24, 2.45) is 0 Å². The molecular weight excluding hydrogens is 366 g/mol. The number of rotatable bonds is 4. The average Bonchev–Trinajstić information content (AvgIpc) is 3.47. The van der Waals surface area contributed by atoms with Crippen LogP contribution in [0.3, 0.4) is 0 Å². The Morgan fingerprint density at radius 3 is 2.34 bits per heavy atom. The van der Waals surface area contributed by atoms with Crippen molar-refractivity contribution >= 4 is 0 Å². The fourth-order valence-corrected chi connectivity index (χ4v) is 3.07. The van der Waals surface area contributed by atoms with Crippen molar-refractivity contribution < 1.29 is 8.83 Å². The van der Waals surface area contributed by atoms with Crippen molar-refractivity contribution in [3.63, 3.8) is 0 Å². The molecule has 0 aliphatic carbocycles. The fourth-order valence-electron chi connectivity index (χ4n) is 3.07. The van der Waals surface area contributed by atoms with Crippen LogP contribution in [0.25, 0.3) is 45.6 Å². The maximum atomic E-state index is 5.88. The summed E-state index contributed by atoms with van der Waals surface area (Å²) in [5, 5.41) is 8.34. The first-order valence-electron chi connectivity index (χ1n) is 9.01. The number of oxazole rings is 1. The zero-order chi connectivity index (χ0) is 19.6. The predicted octanol–water partition coefficient (Wildman–Crippen LogP) is 4.82. The van der Waals surface area contributed by atoms with Crippen LogP contribution in [0.5, 0.6) is 0 Å². The third-order valence-corrected chi connectivity index (χ3v) is 4.50. The number of benzene rings is 2. The Hall–Kier alpha value is -4.13. The maximum absolute atomic E-state index is 5.88. The van der Waals surface area contributed by atoms with Crippen LogP contribution in [0.15, 0.2) is 82.2 Å². The molecule has 5 aromatic rings. The molecule has 0 N–H and O–H groups in total. The van der Waals surface area contributed by atoms with Crippen LogP contribution in [0.1, 0.15) is 5.69 Å². The first-order chi connectivity index (χ1) is 14.3. The second kappa shape index (κ2) is 7.12. The third kappa shape index (κ3) is 3.19. The summed E-state index contributed by atoms with van der Waals surface area (Å²) in [6, 6.07) is 17.4. The van der Waals surface area contributed by atoms with Gasteiger partial charge in [-0.25, -0.2) is 9.97 Å². The van der Waals surface area contributed by atoms with Crippen molar-refractivity contribution in [1.82, 2.24) is 25.1 Å². The van der Waals surface area contributed by atoms with Gasteiger partial charge in [0.25, 0.3) is 5.89 Å². The SMILES string of the molecule is Cc1ncc(-c2ccccc2-c2cnco2)nc1-c1nnc(-c2ccccc2)o1. The molecule has 2 aromatic carbocycles. The molecule has 0 saturated carbocycles. The molecule has 0 aliphatic heterocycles. The van der Waals surface area contributed by atoms with Crippen LogP contribution in [0, 0.1) is 6.92 Å². The standard InChI is InChI=1S/C22H15N5O2/c1-14-20(22-27-26-21(29-22)15-7-3-2-4-8-15)25-18(11-24-14)16-9-5-6-10-17(16)19-12-23-13-28-19/h2-13H,1H3. The molecule has 3 aromatic heterocycles. The van der Waals surface area contributed by atoms with E-state index >= 15 is 0 Å². The number of hydrogen-bond acceptors (Lipinski definition) is 7. The number of nitrogens with zero attached hydrogens (tertiary/aromatic N) is 5. The Balaban J connectivity index is 1.59. The topological polar surface area (TPSA) is 90.7 Å². The van der Waals surface area contributed by atoms with E-state index in [1.165, 1.54) is 6.39 Å². The quantitative estimate of drug-likeness (QED) is 0.440. The van der Waals surface area contributed by atoms with Crippen LogP contribution in [-0.2, 0) is 0 Å². The second-order valence-corrected chi connectivity index (χ2v) is 6.38. The average molecular weight is 381 g/mol. The van der Waals surface area contributed by atoms with Crippen molar-refractivity contribution in [2.45, 2.75) is 6.92 Å². The van der Waals surface area contributed by atoms with E-state index in [1.54, 1.807) is 12.4 Å². The van der Waals surface area contributed by atoms with Gasteiger partial charge in [0.2, 0.25) is 5.89 Å². The maximum Gasteiger partial charge on any atom is 0.268 e. The second-order valence-electron chi connectivity index (χ2n) is 6.38. The van der Waals surface area contributed by atoms with Gasteiger partial charge in [0.1, 0.15) is 5.69 Å². The van der Waals surface area contributed by atoms with Crippen molar-refractivity contribution in [1.29, 1.82) is 0 Å². The van der Waals surface area contributed by atoms with Gasteiger partial charge in [-0.3, -0.25) is 4.98 Å². The molecule has 0 unspecified atom stereocenters. The van der Waals surface area contributed by atoms with E-state index in [-0.39, 0.29) is 0 Å². The van der Waals surface area contributed by atoms with Gasteiger partial charge in [0.15, 0.2) is 12.2 Å². The molecular formula is C22H15N5O2. The van der Waals surface area contributed by atoms with Gasteiger partial charge in [-0.2, -0.15) is 0 Å². The van der Waals surface area contributed by atoms with Gasteiger partial charge in [-0.1, -0.05) is 42.5 Å². The van der Waals surface area contributed by atoms with Crippen molar-refractivity contribution in [3.8, 4) is 45.6 Å². The first-order valence-corrected chi connectivity index (χ1v) is 9.01. The Kier molecular flexibility index (Phi) is 4.18. The molecule has 0 bridgehead atoms. The smallest absolute Gasteiger partial charge is 0.268 e. The molecule has 5 rings (SSSR count). The number of aromatic nitrogens is 5. The lowest BCUT2D eigenvalue weighted by Crippen LogP contribution is -1.96. The first kappa shape index (κ1) is 17.0. The summed E-state index contributed by atoms with van der Waals surface area (Å²) in [6.07, 6.45) is 4.80. The van der Waals surface area contributed by atoms with Gasteiger partial charge in [-0.05, 0) is 19.1 Å². The molecule has 0 radical (unpaired) electrons. The Morgan fingerprint density at radius 1 is 0.793 bits per heavy atom. The van der Waals surface area contributed by atoms with Crippen LogP contribution >= 0.6 is 0 Å². The molecule has 0 atom stereocenters. The Bertz CT molecular complexity index is 1260. The van der Waals surface area contributed by atoms with E-state index in [0.29, 0.717) is 34.6 Å². The summed E-state index contributed by atoms with van der Waals surface area (Å²) in [5.74, 6) is 1.43. The molecule has 0 spiro atoms. The van der Waals surface area contributed by atoms with E-state index in [4.69, 9.17) is 13.8 Å². The van der Waals surface area contributed by atoms with Gasteiger partial charge in [-0.15, -0.1) is 10.2 Å². The van der Waals surface area contributed by atoms with Gasteiger partial charge in [0.05, 0.1) is 23.8 Å². The zero-order valence-corrected chi connectivity index (χ0v) is 15.5. The minimum absolute atomic E-state index is 0.327. The lowest BCUT2D eigenvalue weighted by Gasteiger charge is -2.08. The largest absolute Gasteiger partial charge is 0.443 e. The lowest BCUT2D eigenvalue weighted by atomic mass is 10.0. The van der Waals surface area contributed by atoms with E-state index < -0.39 is 0 Å². The highest BCUT2D eigenvalue weighted by Gasteiger charge is 2.18. The molecule has 29 heavy (non-hydrogen) atoms. The molecule has 0 saturated heterocycles. The fraction of sp³-hybridized carbons (Fsp3) is 0.0455. The van der Waals surface area contributed by atoms with Crippen molar-refractivity contribution in [2.75, 3.05) is 0 Å². The van der Waals surface area contributed by atoms with E-state index in [2.05, 4.69) is 20.2 Å². The van der Waals surface area contributed by atoms with Gasteiger partial charge >= 0.3 is 0 Å². The minimum Gasteiger partial charge on any atom is -0.443 e. The highest BCUT2D eigenvalue weighted by Crippen LogP contribution is 2.32. The molecule has 3 heterocycles. The normalized spacial score (nSPS) is 10.9. The van der Waals surface area contributed by atoms with Gasteiger partial charge < -0.3 is 8.83 Å². The summed E-state index contributed by atoms with van der Waals surface area (Å²) >= 11 is 0. The lowest BCUT2D eigenvalue weighted by molar-refractivity contribution is 0.572. The number of hydrogen-bond donors (Lipinski definition) is 0. The summed E-state index contributed by atoms with van der Waals surface area (Å²) in [5.41, 5.74) is 4.53. The minimum atomic E-state index is 0.327. The highest BCUT2D eigenvalue weighted by molar-refractivity contribution is 5.79. The van der Waals surface area contributed by atoms with Crippen molar-refractivity contribution in [3.05, 3.63) is 79.1 Å². The van der Waals surface area contributed by atoms with E-state index in [0.717, 1.165) is 16.7 Å². The number of aryl methyl sites for hydroxylation is 1. The molecule has 7 heteroatoms. The Morgan fingerprint density at radius 2 is 1.55 bits per heavy atom. The van der Waals surface area contributed by atoms with Crippen LogP contribution in [0.2, 0.25) is 0 Å². The monoisotopic (exact) mass is 381 g/mol. The van der Waals surface area contributed by atoms with Gasteiger partial charge in [0, 0.05) is 16.7 Å². The predicted molar refractivity (Wildman–Crippen MR) is 106 cm³/mol.